The lowest BCUT2D eigenvalue weighted by atomic mass is 10.1. The van der Waals surface area contributed by atoms with Crippen LogP contribution >= 0.6 is 28.4 Å². The van der Waals surface area contributed by atoms with Gasteiger partial charge < -0.3 is 15.2 Å². The first kappa shape index (κ1) is 24.3. The van der Waals surface area contributed by atoms with E-state index in [1.807, 2.05) is 58.9 Å². The third kappa shape index (κ3) is 6.42. The molecule has 10 heteroatoms. The van der Waals surface area contributed by atoms with Crippen LogP contribution in [0.5, 0.6) is 5.75 Å². The molecule has 34 heavy (non-hydrogen) atoms. The number of imidazole rings is 1. The van der Waals surface area contributed by atoms with E-state index in [1.165, 1.54) is 0 Å². The second-order valence-electron chi connectivity index (χ2n) is 7.69. The number of ether oxygens (including phenoxy) is 1. The van der Waals surface area contributed by atoms with Crippen LogP contribution in [0, 0.1) is 0 Å². The van der Waals surface area contributed by atoms with Crippen molar-refractivity contribution in [2.45, 2.75) is 32.1 Å². The number of carbonyl (C=O) groups is 1. The van der Waals surface area contributed by atoms with Gasteiger partial charge in [-0.15, -0.1) is 0 Å². The van der Waals surface area contributed by atoms with Crippen LogP contribution in [0.2, 0.25) is 0 Å². The molecule has 0 spiro atoms. The zero-order valence-corrected chi connectivity index (χ0v) is 21.6. The number of carboxylic acids is 1. The van der Waals surface area contributed by atoms with Gasteiger partial charge in [0.25, 0.3) is 0 Å². The molecule has 0 aliphatic rings. The van der Waals surface area contributed by atoms with Crippen molar-refractivity contribution < 1.29 is 14.6 Å². The molecule has 8 nitrogen and oxygen atoms in total. The van der Waals surface area contributed by atoms with Crippen LogP contribution in [-0.4, -0.2) is 37.0 Å². The Balaban J connectivity index is 1.41. The Morgan fingerprint density at radius 3 is 2.53 bits per heavy atom. The van der Waals surface area contributed by atoms with E-state index in [2.05, 4.69) is 32.3 Å². The topological polar surface area (TPSA) is 102 Å². The molecule has 2 heterocycles. The van der Waals surface area contributed by atoms with Crippen LogP contribution < -0.4 is 10.1 Å². The molecule has 1 unspecified atom stereocenters. The Hall–Kier alpha value is -2.78. The molecule has 0 aliphatic heterocycles. The minimum absolute atomic E-state index is 0.236. The van der Waals surface area contributed by atoms with Crippen LogP contribution in [0.1, 0.15) is 32.1 Å². The summed E-state index contributed by atoms with van der Waals surface area (Å²) in [6.07, 6.45) is 6.02. The van der Waals surface area contributed by atoms with Gasteiger partial charge in [-0.3, -0.25) is 9.13 Å². The number of carboxylic acid groups (broad SMARTS) is 1. The molecule has 0 saturated heterocycles. The van der Waals surface area contributed by atoms with E-state index < -0.39 is 5.97 Å². The maximum Gasteiger partial charge on any atom is 0.303 e. The van der Waals surface area contributed by atoms with Crippen molar-refractivity contribution in [2.24, 2.45) is 0 Å². The van der Waals surface area contributed by atoms with Gasteiger partial charge in [0.2, 0.25) is 5.95 Å². The molecule has 2 N–H and O–H groups in total. The lowest BCUT2D eigenvalue weighted by molar-refractivity contribution is -0.137. The Morgan fingerprint density at radius 1 is 1.03 bits per heavy atom. The van der Waals surface area contributed by atoms with Crippen molar-refractivity contribution >= 4 is 57.2 Å². The Morgan fingerprint density at radius 2 is 1.79 bits per heavy atom. The number of halogens is 1. The van der Waals surface area contributed by atoms with Crippen LogP contribution in [-0.2, 0) is 4.79 Å². The van der Waals surface area contributed by atoms with Gasteiger partial charge in [-0.25, -0.2) is 9.97 Å². The van der Waals surface area contributed by atoms with Gasteiger partial charge in [0.1, 0.15) is 23.3 Å². The molecule has 0 fully saturated rings. The summed E-state index contributed by atoms with van der Waals surface area (Å²) >= 11 is 2.32. The van der Waals surface area contributed by atoms with E-state index in [0.29, 0.717) is 25.3 Å². The number of aromatic nitrogens is 4. The number of hydrogen-bond donors (Lipinski definition) is 2. The van der Waals surface area contributed by atoms with Crippen molar-refractivity contribution in [2.75, 3.05) is 11.9 Å². The smallest absolute Gasteiger partial charge is 0.303 e. The van der Waals surface area contributed by atoms with Gasteiger partial charge in [0.15, 0.2) is 5.65 Å². The first-order chi connectivity index (χ1) is 16.6. The normalized spacial score (nSPS) is 11.3. The number of hydrogen-bond acceptors (Lipinski definition) is 6. The Bertz CT molecular complexity index is 1230. The third-order valence-electron chi connectivity index (χ3n) is 5.20. The second kappa shape index (κ2) is 12.1. The van der Waals surface area contributed by atoms with E-state index in [9.17, 15) is 4.79 Å². The number of benzene rings is 2. The molecule has 0 saturated carbocycles. The monoisotopic (exact) mass is 589 g/mol. The average molecular weight is 589 g/mol. The highest BCUT2D eigenvalue weighted by molar-refractivity contribution is 14.2. The number of unbranched alkanes of at least 4 members (excludes halogenated alkanes) is 3. The van der Waals surface area contributed by atoms with E-state index in [0.717, 1.165) is 53.1 Å². The third-order valence-corrected chi connectivity index (χ3v) is 7.27. The summed E-state index contributed by atoms with van der Waals surface area (Å²) < 4.78 is 7.83. The predicted octanol–water partition coefficient (Wildman–Crippen LogP) is 6.44. The molecular weight excluding hydrogens is 564 g/mol. The molecule has 0 aliphatic carbocycles. The fourth-order valence-corrected chi connectivity index (χ4v) is 4.90. The lowest BCUT2D eigenvalue weighted by Gasteiger charge is -2.10. The highest BCUT2D eigenvalue weighted by Gasteiger charge is 2.15. The summed E-state index contributed by atoms with van der Waals surface area (Å²) in [5.41, 5.74) is 4.24. The zero-order chi connectivity index (χ0) is 23.8. The van der Waals surface area contributed by atoms with Gasteiger partial charge in [-0.2, -0.15) is 4.98 Å². The minimum atomic E-state index is -0.734. The first-order valence-electron chi connectivity index (χ1n) is 11.0. The van der Waals surface area contributed by atoms with Crippen molar-refractivity contribution in [1.82, 2.24) is 19.3 Å². The quantitative estimate of drug-likeness (QED) is 0.111. The highest BCUT2D eigenvalue weighted by Crippen LogP contribution is 2.33. The summed E-state index contributed by atoms with van der Waals surface area (Å²) in [5.74, 6) is 0.571. The van der Waals surface area contributed by atoms with Crippen molar-refractivity contribution in [3.63, 3.8) is 0 Å². The SMILES string of the molecule is O=C(O)CCCCCCOc1ccc(Nc2nc(-c3ccccc3)c3ncn(PI)c3n2)cc1. The summed E-state index contributed by atoms with van der Waals surface area (Å²) in [4.78, 5) is 24.6. The second-order valence-corrected chi connectivity index (χ2v) is 9.79. The fourth-order valence-electron chi connectivity index (χ4n) is 3.50. The molecular formula is C24H25IN5O3P. The fraction of sp³-hybridized carbons (Fsp3) is 0.250. The molecule has 4 rings (SSSR count). The largest absolute Gasteiger partial charge is 0.494 e. The number of fused-ring (bicyclic) bond motifs is 1. The highest BCUT2D eigenvalue weighted by atomic mass is 127. The lowest BCUT2D eigenvalue weighted by Crippen LogP contribution is -2.01. The van der Waals surface area contributed by atoms with Crippen LogP contribution in [0.4, 0.5) is 11.6 Å². The van der Waals surface area contributed by atoms with E-state index >= 15 is 0 Å². The van der Waals surface area contributed by atoms with Crippen LogP contribution in [0.15, 0.2) is 60.9 Å². The van der Waals surface area contributed by atoms with Crippen molar-refractivity contribution in [3.05, 3.63) is 60.9 Å². The van der Waals surface area contributed by atoms with Gasteiger partial charge in [0.05, 0.1) is 13.0 Å². The van der Waals surface area contributed by atoms with Crippen molar-refractivity contribution in [3.8, 4) is 17.0 Å². The molecule has 0 radical (unpaired) electrons. The number of aliphatic carboxylic acids is 1. The summed E-state index contributed by atoms with van der Waals surface area (Å²) in [7, 11) is 0. The van der Waals surface area contributed by atoms with Gasteiger partial charge in [0, 0.05) is 17.7 Å². The van der Waals surface area contributed by atoms with Gasteiger partial charge >= 0.3 is 5.97 Å². The molecule has 0 bridgehead atoms. The maximum atomic E-state index is 10.5. The molecule has 176 valence electrons. The Labute approximate surface area is 212 Å². The molecule has 2 aromatic carbocycles. The summed E-state index contributed by atoms with van der Waals surface area (Å²) in [6, 6.07) is 17.7. The predicted molar refractivity (Wildman–Crippen MR) is 144 cm³/mol. The number of nitrogens with zero attached hydrogens (tertiary/aromatic N) is 4. The Kier molecular flexibility index (Phi) is 8.65. The summed E-state index contributed by atoms with van der Waals surface area (Å²) in [5, 5.41) is 12.0. The van der Waals surface area contributed by atoms with E-state index in [1.54, 1.807) is 6.33 Å². The molecule has 4 aromatic rings. The van der Waals surface area contributed by atoms with Crippen LogP contribution in [0.25, 0.3) is 22.4 Å². The number of nitrogens with one attached hydrogen (secondary N) is 1. The van der Waals surface area contributed by atoms with E-state index in [4.69, 9.17) is 19.8 Å². The van der Waals surface area contributed by atoms with Gasteiger partial charge in [-0.05, 0) is 59.1 Å². The number of anilines is 2. The van der Waals surface area contributed by atoms with E-state index in [-0.39, 0.29) is 6.42 Å². The molecule has 0 amide bonds. The first-order valence-corrected chi connectivity index (χ1v) is 15.1. The average Bonchev–Trinajstić information content (AvgIpc) is 3.27. The molecule has 2 aromatic heterocycles. The summed E-state index contributed by atoms with van der Waals surface area (Å²) in [6.45, 7) is 0.612. The van der Waals surface area contributed by atoms with Crippen LogP contribution in [0.3, 0.4) is 0 Å². The molecule has 1 atom stereocenters. The van der Waals surface area contributed by atoms with Gasteiger partial charge in [-0.1, -0.05) is 43.2 Å². The minimum Gasteiger partial charge on any atom is -0.494 e. The van der Waals surface area contributed by atoms with Crippen molar-refractivity contribution in [1.29, 1.82) is 0 Å². The maximum absolute atomic E-state index is 10.5. The standard InChI is InChI=1S/C24H25IN5O3P/c25-34-30-16-26-22-21(17-8-4-3-5-9-17)28-24(29-23(22)30)27-18-11-13-19(14-12-18)33-15-7-2-1-6-10-20(31)32/h3-5,8-9,11-14,16,34H,1-2,6-7,10,15H2,(H,31,32)(H,27,28,29). The number of rotatable bonds is 12. The zero-order valence-electron chi connectivity index (χ0n) is 18.4.